The van der Waals surface area contributed by atoms with E-state index >= 15 is 0 Å². The molecule has 0 amide bonds. The number of aliphatic hydroxyl groups is 1. The molecule has 0 aliphatic carbocycles. The fourth-order valence-electron chi connectivity index (χ4n) is 3.08. The summed E-state index contributed by atoms with van der Waals surface area (Å²) in [6.07, 6.45) is 3.60. The van der Waals surface area contributed by atoms with Gasteiger partial charge in [-0.25, -0.2) is 0 Å². The van der Waals surface area contributed by atoms with Crippen LogP contribution >= 0.6 is 0 Å². The summed E-state index contributed by atoms with van der Waals surface area (Å²) in [4.78, 5) is 2.38. The lowest BCUT2D eigenvalue weighted by Gasteiger charge is -2.46. The number of benzene rings is 1. The number of nitrogens with zero attached hydrogens (tertiary/aromatic N) is 1. The molecule has 19 heavy (non-hydrogen) atoms. The fraction of sp³-hybridized carbons (Fsp3) is 0.625. The lowest BCUT2D eigenvalue weighted by Crippen LogP contribution is -2.56. The van der Waals surface area contributed by atoms with Crippen molar-refractivity contribution in [3.63, 3.8) is 0 Å². The van der Waals surface area contributed by atoms with Gasteiger partial charge in [-0.05, 0) is 51.2 Å². The van der Waals surface area contributed by atoms with Crippen molar-refractivity contribution in [1.82, 2.24) is 4.90 Å². The topological polar surface area (TPSA) is 35.5 Å². The molecule has 0 aromatic heterocycles. The molecule has 1 aromatic rings. The van der Waals surface area contributed by atoms with Crippen LogP contribution in [0.25, 0.3) is 0 Å². The fourth-order valence-corrected chi connectivity index (χ4v) is 3.08. The van der Waals surface area contributed by atoms with Gasteiger partial charge in [-0.15, -0.1) is 0 Å². The molecular formula is C16H26N2O. The first-order chi connectivity index (χ1) is 9.07. The molecule has 1 saturated heterocycles. The Morgan fingerprint density at radius 1 is 1.26 bits per heavy atom. The molecule has 1 aliphatic heterocycles. The molecule has 106 valence electrons. The van der Waals surface area contributed by atoms with Gasteiger partial charge in [-0.2, -0.15) is 0 Å². The first-order valence-corrected chi connectivity index (χ1v) is 7.27. The lowest BCUT2D eigenvalue weighted by molar-refractivity contribution is 0.0648. The molecule has 1 unspecified atom stereocenters. The number of hydrogen-bond donors (Lipinski definition) is 2. The van der Waals surface area contributed by atoms with Crippen LogP contribution in [0, 0.1) is 13.8 Å². The van der Waals surface area contributed by atoms with Gasteiger partial charge in [0.1, 0.15) is 0 Å². The van der Waals surface area contributed by atoms with E-state index < -0.39 is 0 Å². The maximum absolute atomic E-state index is 9.26. The first-order valence-electron chi connectivity index (χ1n) is 7.27. The highest BCUT2D eigenvalue weighted by Gasteiger charge is 2.34. The molecule has 1 heterocycles. The highest BCUT2D eigenvalue weighted by atomic mass is 16.3. The summed E-state index contributed by atoms with van der Waals surface area (Å²) < 4.78 is 0. The van der Waals surface area contributed by atoms with Gasteiger partial charge in [0.15, 0.2) is 0 Å². The maximum Gasteiger partial charge on any atom is 0.0878 e. The standard InChI is InChI=1S/C16H26N2O/c1-13-7-6-8-14(2)15(13)17-16(3)9-4-5-10-18(16)11-12-19/h6-8,17,19H,4-5,9-12H2,1-3H3. The van der Waals surface area contributed by atoms with Gasteiger partial charge in [0.2, 0.25) is 0 Å². The molecule has 2 N–H and O–H groups in total. The lowest BCUT2D eigenvalue weighted by atomic mass is 9.95. The highest BCUT2D eigenvalue weighted by molar-refractivity contribution is 5.58. The summed E-state index contributed by atoms with van der Waals surface area (Å²) in [5, 5.41) is 13.0. The maximum atomic E-state index is 9.26. The Hall–Kier alpha value is -1.06. The number of nitrogens with one attached hydrogen (secondary N) is 1. The molecule has 1 aromatic carbocycles. The van der Waals surface area contributed by atoms with Crippen molar-refractivity contribution in [3.05, 3.63) is 29.3 Å². The zero-order valence-electron chi connectivity index (χ0n) is 12.4. The van der Waals surface area contributed by atoms with Crippen molar-refractivity contribution < 1.29 is 5.11 Å². The van der Waals surface area contributed by atoms with Crippen molar-refractivity contribution in [1.29, 1.82) is 0 Å². The number of β-amino-alcohol motifs (C(OH)–C–C–N with tert-alkyl or cyclic N) is 1. The van der Waals surface area contributed by atoms with Crippen LogP contribution in [-0.4, -0.2) is 35.4 Å². The van der Waals surface area contributed by atoms with E-state index in [0.29, 0.717) is 0 Å². The smallest absolute Gasteiger partial charge is 0.0878 e. The summed E-state index contributed by atoms with van der Waals surface area (Å²) in [5.41, 5.74) is 3.78. The molecule has 0 bridgehead atoms. The van der Waals surface area contributed by atoms with Crippen LogP contribution in [0.4, 0.5) is 5.69 Å². The number of piperidine rings is 1. The third kappa shape index (κ3) is 3.10. The minimum absolute atomic E-state index is 0.0438. The quantitative estimate of drug-likeness (QED) is 0.876. The Morgan fingerprint density at radius 2 is 1.95 bits per heavy atom. The minimum Gasteiger partial charge on any atom is -0.395 e. The van der Waals surface area contributed by atoms with E-state index in [1.54, 1.807) is 0 Å². The van der Waals surface area contributed by atoms with Crippen molar-refractivity contribution in [2.75, 3.05) is 25.0 Å². The predicted octanol–water partition coefficient (Wildman–Crippen LogP) is 2.91. The second-order valence-corrected chi connectivity index (χ2v) is 5.83. The average Bonchev–Trinajstić information content (AvgIpc) is 2.38. The Labute approximate surface area is 116 Å². The van der Waals surface area contributed by atoms with Gasteiger partial charge >= 0.3 is 0 Å². The predicted molar refractivity (Wildman–Crippen MR) is 80.5 cm³/mol. The van der Waals surface area contributed by atoms with Crippen LogP contribution < -0.4 is 5.32 Å². The molecule has 3 nitrogen and oxygen atoms in total. The number of anilines is 1. The molecular weight excluding hydrogens is 236 g/mol. The Kier molecular flexibility index (Phi) is 4.48. The van der Waals surface area contributed by atoms with Gasteiger partial charge in [0.05, 0.1) is 12.3 Å². The van der Waals surface area contributed by atoms with Crippen LogP contribution in [0.3, 0.4) is 0 Å². The summed E-state index contributed by atoms with van der Waals surface area (Å²) in [7, 11) is 0. The van der Waals surface area contributed by atoms with Crippen molar-refractivity contribution in [2.24, 2.45) is 0 Å². The van der Waals surface area contributed by atoms with E-state index in [1.807, 2.05) is 0 Å². The van der Waals surface area contributed by atoms with Crippen LogP contribution in [0.15, 0.2) is 18.2 Å². The second-order valence-electron chi connectivity index (χ2n) is 5.83. The van der Waals surface area contributed by atoms with E-state index in [4.69, 9.17) is 0 Å². The largest absolute Gasteiger partial charge is 0.395 e. The number of para-hydroxylation sites is 1. The van der Waals surface area contributed by atoms with Gasteiger partial charge < -0.3 is 10.4 Å². The van der Waals surface area contributed by atoms with Gasteiger partial charge in [0, 0.05) is 18.8 Å². The number of hydrogen-bond acceptors (Lipinski definition) is 3. The van der Waals surface area contributed by atoms with E-state index in [-0.39, 0.29) is 12.3 Å². The monoisotopic (exact) mass is 262 g/mol. The van der Waals surface area contributed by atoms with Gasteiger partial charge in [-0.3, -0.25) is 4.90 Å². The molecule has 0 radical (unpaired) electrons. The van der Waals surface area contributed by atoms with E-state index in [0.717, 1.165) is 19.5 Å². The molecule has 1 atom stereocenters. The third-order valence-corrected chi connectivity index (χ3v) is 4.28. The van der Waals surface area contributed by atoms with Crippen LogP contribution in [-0.2, 0) is 0 Å². The summed E-state index contributed by atoms with van der Waals surface area (Å²) >= 11 is 0. The zero-order valence-corrected chi connectivity index (χ0v) is 12.4. The minimum atomic E-state index is -0.0438. The van der Waals surface area contributed by atoms with Crippen LogP contribution in [0.5, 0.6) is 0 Å². The molecule has 0 saturated carbocycles. The average molecular weight is 262 g/mol. The molecule has 2 rings (SSSR count). The summed E-state index contributed by atoms with van der Waals surface area (Å²) in [5.74, 6) is 0. The third-order valence-electron chi connectivity index (χ3n) is 4.28. The Bertz CT molecular complexity index is 411. The van der Waals surface area contributed by atoms with E-state index in [9.17, 15) is 5.11 Å². The van der Waals surface area contributed by atoms with Crippen molar-refractivity contribution >= 4 is 5.69 Å². The van der Waals surface area contributed by atoms with Crippen LogP contribution in [0.1, 0.15) is 37.3 Å². The Morgan fingerprint density at radius 3 is 2.58 bits per heavy atom. The van der Waals surface area contributed by atoms with E-state index in [1.165, 1.54) is 29.7 Å². The normalized spacial score (nSPS) is 24.4. The molecule has 3 heteroatoms. The van der Waals surface area contributed by atoms with Crippen molar-refractivity contribution in [2.45, 2.75) is 45.7 Å². The molecule has 1 aliphatic rings. The van der Waals surface area contributed by atoms with E-state index in [2.05, 4.69) is 49.2 Å². The number of rotatable bonds is 4. The van der Waals surface area contributed by atoms with Crippen LogP contribution in [0.2, 0.25) is 0 Å². The van der Waals surface area contributed by atoms with Crippen molar-refractivity contribution in [3.8, 4) is 0 Å². The SMILES string of the molecule is Cc1cccc(C)c1NC1(C)CCCCN1CCO. The van der Waals surface area contributed by atoms with Gasteiger partial charge in [-0.1, -0.05) is 18.2 Å². The highest BCUT2D eigenvalue weighted by Crippen LogP contribution is 2.31. The van der Waals surface area contributed by atoms with Gasteiger partial charge in [0.25, 0.3) is 0 Å². The molecule has 1 fully saturated rings. The Balaban J connectivity index is 2.23. The number of likely N-dealkylation sites (tertiary alicyclic amines) is 1. The number of aliphatic hydroxyl groups excluding tert-OH is 1. The zero-order chi connectivity index (χ0) is 13.9. The second kappa shape index (κ2) is 5.93. The summed E-state index contributed by atoms with van der Waals surface area (Å²) in [6.45, 7) is 8.59. The first kappa shape index (κ1) is 14.4. The molecule has 0 spiro atoms. The summed E-state index contributed by atoms with van der Waals surface area (Å²) in [6, 6.07) is 6.40. The number of aryl methyl sites for hydroxylation is 2.